The van der Waals surface area contributed by atoms with Crippen LogP contribution in [-0.2, 0) is 9.53 Å². The zero-order chi connectivity index (χ0) is 10.8. The van der Waals surface area contributed by atoms with E-state index in [2.05, 4.69) is 6.58 Å². The summed E-state index contributed by atoms with van der Waals surface area (Å²) in [5.41, 5.74) is -0.398. The second-order valence-corrected chi connectivity index (χ2v) is 4.11. The first kappa shape index (κ1) is 11.2. The molecule has 1 amide bonds. The summed E-state index contributed by atoms with van der Waals surface area (Å²) in [7, 11) is 0. The van der Waals surface area contributed by atoms with Gasteiger partial charge in [-0.1, -0.05) is 6.58 Å². The fourth-order valence-electron chi connectivity index (χ4n) is 1.69. The zero-order valence-electron chi connectivity index (χ0n) is 8.69. The summed E-state index contributed by atoms with van der Waals surface area (Å²) < 4.78 is 5.57. The zero-order valence-corrected chi connectivity index (χ0v) is 8.69. The number of aliphatic hydroxyl groups is 1. The summed E-state index contributed by atoms with van der Waals surface area (Å²) in [5.74, 6) is -0.111. The Morgan fingerprint density at radius 1 is 1.79 bits per heavy atom. The van der Waals surface area contributed by atoms with Crippen molar-refractivity contribution in [3.8, 4) is 0 Å². The van der Waals surface area contributed by atoms with Crippen molar-refractivity contribution in [2.75, 3.05) is 19.7 Å². The van der Waals surface area contributed by atoms with E-state index in [0.717, 1.165) is 0 Å². The van der Waals surface area contributed by atoms with Gasteiger partial charge in [0.15, 0.2) is 0 Å². The van der Waals surface area contributed by atoms with Crippen LogP contribution in [0.2, 0.25) is 0 Å². The number of hydrogen-bond acceptors (Lipinski definition) is 3. The van der Waals surface area contributed by atoms with Crippen molar-refractivity contribution >= 4 is 5.91 Å². The average molecular weight is 199 g/mol. The predicted molar refractivity (Wildman–Crippen MR) is 52.8 cm³/mol. The molecule has 0 aliphatic carbocycles. The number of ether oxygens (including phenoxy) is 1. The fraction of sp³-hybridized carbons (Fsp3) is 0.700. The van der Waals surface area contributed by atoms with Gasteiger partial charge in [-0.05, 0) is 19.9 Å². The molecule has 0 unspecified atom stereocenters. The summed E-state index contributed by atoms with van der Waals surface area (Å²) in [4.78, 5) is 13.0. The maximum atomic E-state index is 11.4. The molecule has 1 fully saturated rings. The number of aliphatic hydroxyl groups excluding tert-OH is 1. The number of morpholine rings is 1. The fourth-order valence-corrected chi connectivity index (χ4v) is 1.69. The molecule has 0 saturated carbocycles. The van der Waals surface area contributed by atoms with Crippen molar-refractivity contribution < 1.29 is 14.6 Å². The third-order valence-electron chi connectivity index (χ3n) is 2.17. The first-order chi connectivity index (χ1) is 6.48. The summed E-state index contributed by atoms with van der Waals surface area (Å²) in [6.45, 7) is 8.15. The molecule has 0 spiro atoms. The van der Waals surface area contributed by atoms with Gasteiger partial charge in [-0.15, -0.1) is 0 Å². The van der Waals surface area contributed by atoms with Gasteiger partial charge in [0.1, 0.15) is 0 Å². The molecule has 0 aromatic rings. The van der Waals surface area contributed by atoms with Crippen LogP contribution in [0.25, 0.3) is 0 Å². The van der Waals surface area contributed by atoms with Gasteiger partial charge >= 0.3 is 0 Å². The van der Waals surface area contributed by atoms with E-state index in [4.69, 9.17) is 9.84 Å². The number of carbonyl (C=O) groups is 1. The first-order valence-corrected chi connectivity index (χ1v) is 4.68. The number of carbonyl (C=O) groups excluding carboxylic acids is 1. The maximum absolute atomic E-state index is 11.4. The molecule has 1 saturated heterocycles. The van der Waals surface area contributed by atoms with Crippen LogP contribution in [0.3, 0.4) is 0 Å². The van der Waals surface area contributed by atoms with E-state index in [-0.39, 0.29) is 18.6 Å². The molecule has 4 nitrogen and oxygen atoms in total. The van der Waals surface area contributed by atoms with E-state index in [1.165, 1.54) is 6.08 Å². The number of nitrogens with zero attached hydrogens (tertiary/aromatic N) is 1. The third-order valence-corrected chi connectivity index (χ3v) is 2.17. The Morgan fingerprint density at radius 3 is 2.93 bits per heavy atom. The van der Waals surface area contributed by atoms with Gasteiger partial charge < -0.3 is 14.7 Å². The smallest absolute Gasteiger partial charge is 0.246 e. The minimum Gasteiger partial charge on any atom is -0.394 e. The van der Waals surface area contributed by atoms with Gasteiger partial charge in [-0.25, -0.2) is 0 Å². The van der Waals surface area contributed by atoms with Crippen LogP contribution < -0.4 is 0 Å². The molecule has 1 N–H and O–H groups in total. The Morgan fingerprint density at radius 2 is 2.43 bits per heavy atom. The SMILES string of the molecule is C=CC(=O)N1C[C@H](CO)OC(C)(C)C1. The van der Waals surface area contributed by atoms with Crippen LogP contribution in [0, 0.1) is 0 Å². The Balaban J connectivity index is 2.70. The van der Waals surface area contributed by atoms with Gasteiger partial charge in [0.25, 0.3) is 0 Å². The lowest BCUT2D eigenvalue weighted by atomic mass is 10.1. The molecule has 1 aliphatic heterocycles. The van der Waals surface area contributed by atoms with Crippen molar-refractivity contribution in [3.63, 3.8) is 0 Å². The highest BCUT2D eigenvalue weighted by atomic mass is 16.5. The summed E-state index contributed by atoms with van der Waals surface area (Å²) >= 11 is 0. The maximum Gasteiger partial charge on any atom is 0.246 e. The van der Waals surface area contributed by atoms with Crippen molar-refractivity contribution in [1.29, 1.82) is 0 Å². The van der Waals surface area contributed by atoms with E-state index in [9.17, 15) is 4.79 Å². The molecule has 0 radical (unpaired) electrons. The predicted octanol–water partition coefficient (Wildman–Crippen LogP) is 0.171. The lowest BCUT2D eigenvalue weighted by Crippen LogP contribution is -2.55. The Bertz CT molecular complexity index is 238. The molecular weight excluding hydrogens is 182 g/mol. The molecule has 0 aromatic carbocycles. The molecule has 14 heavy (non-hydrogen) atoms. The molecule has 0 bridgehead atoms. The molecule has 4 heteroatoms. The van der Waals surface area contributed by atoms with Crippen molar-refractivity contribution in [2.24, 2.45) is 0 Å². The summed E-state index contributed by atoms with van der Waals surface area (Å²) in [6.07, 6.45) is 0.998. The van der Waals surface area contributed by atoms with Crippen LogP contribution >= 0.6 is 0 Å². The largest absolute Gasteiger partial charge is 0.394 e. The van der Waals surface area contributed by atoms with E-state index < -0.39 is 5.60 Å². The second-order valence-electron chi connectivity index (χ2n) is 4.11. The summed E-state index contributed by atoms with van der Waals surface area (Å²) in [5, 5.41) is 9.01. The second kappa shape index (κ2) is 4.11. The minimum absolute atomic E-state index is 0.0651. The van der Waals surface area contributed by atoms with E-state index in [1.807, 2.05) is 13.8 Å². The van der Waals surface area contributed by atoms with Gasteiger partial charge in [0.2, 0.25) is 5.91 Å². The molecule has 1 heterocycles. The molecule has 1 aliphatic rings. The van der Waals surface area contributed by atoms with E-state index in [1.54, 1.807) is 4.90 Å². The van der Waals surface area contributed by atoms with Crippen molar-refractivity contribution in [3.05, 3.63) is 12.7 Å². The van der Waals surface area contributed by atoms with Gasteiger partial charge in [-0.3, -0.25) is 4.79 Å². The summed E-state index contributed by atoms with van der Waals surface area (Å²) in [6, 6.07) is 0. The Hall–Kier alpha value is -0.870. The monoisotopic (exact) mass is 199 g/mol. The lowest BCUT2D eigenvalue weighted by Gasteiger charge is -2.41. The van der Waals surface area contributed by atoms with Gasteiger partial charge in [0.05, 0.1) is 18.3 Å². The molecule has 0 aromatic heterocycles. The average Bonchev–Trinajstić information content (AvgIpc) is 2.14. The first-order valence-electron chi connectivity index (χ1n) is 4.68. The van der Waals surface area contributed by atoms with Gasteiger partial charge in [0, 0.05) is 13.1 Å². The lowest BCUT2D eigenvalue weighted by molar-refractivity contribution is -0.163. The quantitative estimate of drug-likeness (QED) is 0.645. The Kier molecular flexibility index (Phi) is 3.29. The number of amides is 1. The highest BCUT2D eigenvalue weighted by molar-refractivity contribution is 5.87. The van der Waals surface area contributed by atoms with Crippen LogP contribution in [0.4, 0.5) is 0 Å². The van der Waals surface area contributed by atoms with E-state index in [0.29, 0.717) is 13.1 Å². The van der Waals surface area contributed by atoms with Crippen LogP contribution in [0.15, 0.2) is 12.7 Å². The molecular formula is C10H17NO3. The van der Waals surface area contributed by atoms with Crippen LogP contribution in [-0.4, -0.2) is 47.3 Å². The van der Waals surface area contributed by atoms with Crippen LogP contribution in [0.1, 0.15) is 13.8 Å². The van der Waals surface area contributed by atoms with Gasteiger partial charge in [-0.2, -0.15) is 0 Å². The number of hydrogen-bond donors (Lipinski definition) is 1. The molecule has 1 rings (SSSR count). The molecule has 1 atom stereocenters. The normalized spacial score (nSPS) is 25.9. The molecule has 80 valence electrons. The van der Waals surface area contributed by atoms with Crippen molar-refractivity contribution in [1.82, 2.24) is 4.90 Å². The number of rotatable bonds is 2. The Labute approximate surface area is 84.2 Å². The topological polar surface area (TPSA) is 49.8 Å². The third kappa shape index (κ3) is 2.56. The van der Waals surface area contributed by atoms with Crippen LogP contribution in [0.5, 0.6) is 0 Å². The van der Waals surface area contributed by atoms with E-state index >= 15 is 0 Å². The highest BCUT2D eigenvalue weighted by Gasteiger charge is 2.34. The highest BCUT2D eigenvalue weighted by Crippen LogP contribution is 2.20. The minimum atomic E-state index is -0.398. The standard InChI is InChI=1S/C10H17NO3/c1-4-9(13)11-5-8(6-12)14-10(2,3)7-11/h4,8,12H,1,5-7H2,2-3H3/t8-/m1/s1. The van der Waals surface area contributed by atoms with Crippen molar-refractivity contribution in [2.45, 2.75) is 25.6 Å².